The lowest BCUT2D eigenvalue weighted by atomic mass is 10.0. The van der Waals surface area contributed by atoms with Gasteiger partial charge in [-0.2, -0.15) is 18.3 Å². The number of halogens is 3. The highest BCUT2D eigenvalue weighted by Crippen LogP contribution is 2.30. The second kappa shape index (κ2) is 9.51. The molecule has 2 amide bonds. The first-order valence-electron chi connectivity index (χ1n) is 10.1. The van der Waals surface area contributed by atoms with Crippen LogP contribution < -0.4 is 5.32 Å². The van der Waals surface area contributed by atoms with Gasteiger partial charge in [0.25, 0.3) is 0 Å². The van der Waals surface area contributed by atoms with Crippen LogP contribution in [0.2, 0.25) is 0 Å². The van der Waals surface area contributed by atoms with Crippen LogP contribution in [0.25, 0.3) is 0 Å². The Hall–Kier alpha value is -2.88. The van der Waals surface area contributed by atoms with Crippen molar-refractivity contribution in [3.63, 3.8) is 0 Å². The van der Waals surface area contributed by atoms with Crippen molar-refractivity contribution < 1.29 is 22.8 Å². The molecule has 10 heteroatoms. The molecule has 1 fully saturated rings. The largest absolute Gasteiger partial charge is 0.416 e. The summed E-state index contributed by atoms with van der Waals surface area (Å²) in [6, 6.07) is 4.33. The average Bonchev–Trinajstić information content (AvgIpc) is 3.13. The van der Waals surface area contributed by atoms with Crippen molar-refractivity contribution in [2.24, 2.45) is 7.05 Å². The molecule has 31 heavy (non-hydrogen) atoms. The highest BCUT2D eigenvalue weighted by molar-refractivity contribution is 5.88. The molecule has 2 aromatic rings. The predicted octanol–water partition coefficient (Wildman–Crippen LogP) is 2.18. The molecule has 1 unspecified atom stereocenters. The third-order valence-electron chi connectivity index (χ3n) is 5.32. The summed E-state index contributed by atoms with van der Waals surface area (Å²) in [6.07, 6.45) is -0.968. The van der Waals surface area contributed by atoms with Crippen molar-refractivity contribution in [2.75, 3.05) is 19.6 Å². The van der Waals surface area contributed by atoms with E-state index in [0.29, 0.717) is 31.7 Å². The smallest absolute Gasteiger partial charge is 0.353 e. The number of benzene rings is 1. The van der Waals surface area contributed by atoms with Gasteiger partial charge in [-0.3, -0.25) is 19.2 Å². The zero-order chi connectivity index (χ0) is 22.6. The third-order valence-corrected chi connectivity index (χ3v) is 5.32. The Balaban J connectivity index is 1.71. The van der Waals surface area contributed by atoms with Crippen LogP contribution in [0, 0.1) is 0 Å². The molecule has 0 bridgehead atoms. The van der Waals surface area contributed by atoms with Gasteiger partial charge in [0.2, 0.25) is 11.8 Å². The van der Waals surface area contributed by atoms with Gasteiger partial charge in [0, 0.05) is 51.5 Å². The molecule has 1 aliphatic rings. The molecule has 0 saturated carbocycles. The molecule has 7 nitrogen and oxygen atoms in total. The zero-order valence-electron chi connectivity index (χ0n) is 17.5. The van der Waals surface area contributed by atoms with E-state index in [-0.39, 0.29) is 24.8 Å². The van der Waals surface area contributed by atoms with Gasteiger partial charge in [0.15, 0.2) is 0 Å². The molecule has 3 rings (SSSR count). The van der Waals surface area contributed by atoms with Crippen LogP contribution >= 0.6 is 0 Å². The molecule has 168 valence electrons. The molecule has 1 saturated heterocycles. The Morgan fingerprint density at radius 3 is 2.74 bits per heavy atom. The van der Waals surface area contributed by atoms with Crippen LogP contribution in [-0.4, -0.2) is 57.1 Å². The molecule has 1 aliphatic heterocycles. The summed E-state index contributed by atoms with van der Waals surface area (Å²) < 4.78 is 40.7. The number of nitrogens with one attached hydrogen (secondary N) is 1. The van der Waals surface area contributed by atoms with E-state index < -0.39 is 17.8 Å². The number of aryl methyl sites for hydroxylation is 1. The fourth-order valence-corrected chi connectivity index (χ4v) is 3.70. The summed E-state index contributed by atoms with van der Waals surface area (Å²) in [5.74, 6) is -0.480. The molecule has 1 aromatic heterocycles. The lowest BCUT2D eigenvalue weighted by Crippen LogP contribution is -2.56. The first-order chi connectivity index (χ1) is 14.7. The first kappa shape index (κ1) is 22.8. The van der Waals surface area contributed by atoms with Gasteiger partial charge in [-0.25, -0.2) is 0 Å². The van der Waals surface area contributed by atoms with Gasteiger partial charge >= 0.3 is 6.18 Å². The van der Waals surface area contributed by atoms with Gasteiger partial charge in [-0.05, 0) is 18.6 Å². The van der Waals surface area contributed by atoms with E-state index >= 15 is 0 Å². The summed E-state index contributed by atoms with van der Waals surface area (Å²) >= 11 is 0. The van der Waals surface area contributed by atoms with Gasteiger partial charge in [0.1, 0.15) is 0 Å². The zero-order valence-corrected chi connectivity index (χ0v) is 17.5. The normalized spacial score (nSPS) is 17.5. The van der Waals surface area contributed by atoms with Crippen molar-refractivity contribution >= 4 is 11.8 Å². The number of piperazine rings is 1. The molecular formula is C21H26F3N5O2. The quantitative estimate of drug-likeness (QED) is 0.721. The predicted molar refractivity (Wildman–Crippen MR) is 108 cm³/mol. The monoisotopic (exact) mass is 437 g/mol. The summed E-state index contributed by atoms with van der Waals surface area (Å²) in [5.41, 5.74) is 0.601. The Labute approximate surface area is 178 Å². The summed E-state index contributed by atoms with van der Waals surface area (Å²) in [4.78, 5) is 28.8. The Morgan fingerprint density at radius 1 is 1.32 bits per heavy atom. The van der Waals surface area contributed by atoms with Crippen LogP contribution in [0.1, 0.15) is 30.0 Å². The maximum absolute atomic E-state index is 13.0. The van der Waals surface area contributed by atoms with Crippen LogP contribution in [0.5, 0.6) is 0 Å². The third kappa shape index (κ3) is 5.84. The van der Waals surface area contributed by atoms with Gasteiger partial charge in [-0.15, -0.1) is 0 Å². The average molecular weight is 437 g/mol. The molecule has 1 aromatic carbocycles. The van der Waals surface area contributed by atoms with Crippen LogP contribution in [0.4, 0.5) is 13.2 Å². The Bertz CT molecular complexity index is 928. The van der Waals surface area contributed by atoms with Gasteiger partial charge in [0.05, 0.1) is 24.2 Å². The second-order valence-corrected chi connectivity index (χ2v) is 7.61. The number of nitrogens with zero attached hydrogens (tertiary/aromatic N) is 4. The Kier molecular flexibility index (Phi) is 6.99. The minimum atomic E-state index is -4.43. The number of amides is 2. The number of aromatic nitrogens is 2. The lowest BCUT2D eigenvalue weighted by Gasteiger charge is -2.35. The van der Waals surface area contributed by atoms with E-state index in [9.17, 15) is 22.8 Å². The number of carbonyl (C=O) groups excluding carboxylic acids is 2. The molecule has 1 atom stereocenters. The Morgan fingerprint density at radius 2 is 2.10 bits per heavy atom. The number of rotatable bonds is 7. The van der Waals surface area contributed by atoms with Crippen molar-refractivity contribution in [3.8, 4) is 0 Å². The molecule has 0 aliphatic carbocycles. The van der Waals surface area contributed by atoms with E-state index in [2.05, 4.69) is 10.4 Å². The molecule has 1 N–H and O–H groups in total. The van der Waals surface area contributed by atoms with E-state index in [1.54, 1.807) is 33.8 Å². The van der Waals surface area contributed by atoms with E-state index in [0.717, 1.165) is 17.7 Å². The number of hydrogen-bond acceptors (Lipinski definition) is 4. The minimum absolute atomic E-state index is 0.0428. The van der Waals surface area contributed by atoms with Crippen LogP contribution in [0.15, 0.2) is 36.7 Å². The first-order valence-corrected chi connectivity index (χ1v) is 10.1. The number of alkyl halides is 3. The summed E-state index contributed by atoms with van der Waals surface area (Å²) in [7, 11) is 1.79. The van der Waals surface area contributed by atoms with Gasteiger partial charge in [-0.1, -0.05) is 18.2 Å². The highest BCUT2D eigenvalue weighted by Gasteiger charge is 2.34. The summed E-state index contributed by atoms with van der Waals surface area (Å²) in [6.45, 7) is 3.70. The fourth-order valence-electron chi connectivity index (χ4n) is 3.70. The lowest BCUT2D eigenvalue weighted by molar-refractivity contribution is -0.139. The standard InChI is InChI=1S/C21H26F3N5O2/c1-3-28(14-16-11-26-27(2)12-16)19(30)10-18-20(31)25-7-8-29(18)13-15-5-4-6-17(9-15)21(22,23)24/h4-6,9,11-12,18H,3,7-8,10,13-14H2,1-2H3,(H,25,31). The summed E-state index contributed by atoms with van der Waals surface area (Å²) in [5, 5.41) is 6.85. The van der Waals surface area contributed by atoms with E-state index in [1.165, 1.54) is 6.07 Å². The minimum Gasteiger partial charge on any atom is -0.353 e. The van der Waals surface area contributed by atoms with Crippen molar-refractivity contribution in [2.45, 2.75) is 38.7 Å². The van der Waals surface area contributed by atoms with E-state index in [4.69, 9.17) is 0 Å². The topological polar surface area (TPSA) is 70.5 Å². The van der Waals surface area contributed by atoms with Gasteiger partial charge < -0.3 is 10.2 Å². The highest BCUT2D eigenvalue weighted by atomic mass is 19.4. The number of carbonyl (C=O) groups is 2. The molecule has 0 radical (unpaired) electrons. The second-order valence-electron chi connectivity index (χ2n) is 7.61. The van der Waals surface area contributed by atoms with Crippen molar-refractivity contribution in [3.05, 3.63) is 53.3 Å². The fraction of sp³-hybridized carbons (Fsp3) is 0.476. The maximum atomic E-state index is 13.0. The van der Waals surface area contributed by atoms with Crippen molar-refractivity contribution in [1.29, 1.82) is 0 Å². The van der Waals surface area contributed by atoms with E-state index in [1.807, 2.05) is 13.1 Å². The SMILES string of the molecule is CCN(Cc1cnn(C)c1)C(=O)CC1C(=O)NCCN1Cc1cccc(C(F)(F)F)c1. The number of hydrogen-bond donors (Lipinski definition) is 1. The molecular weight excluding hydrogens is 411 g/mol. The maximum Gasteiger partial charge on any atom is 0.416 e. The molecule has 2 heterocycles. The van der Waals surface area contributed by atoms with Crippen LogP contribution in [-0.2, 0) is 35.9 Å². The van der Waals surface area contributed by atoms with Crippen LogP contribution in [0.3, 0.4) is 0 Å². The molecule has 0 spiro atoms. The van der Waals surface area contributed by atoms with Crippen molar-refractivity contribution in [1.82, 2.24) is 24.9 Å².